The van der Waals surface area contributed by atoms with E-state index < -0.39 is 0 Å². The van der Waals surface area contributed by atoms with Crippen molar-refractivity contribution in [2.75, 3.05) is 26.2 Å². The molecule has 0 radical (unpaired) electrons. The van der Waals surface area contributed by atoms with Gasteiger partial charge in [-0.25, -0.2) is 0 Å². The lowest BCUT2D eigenvalue weighted by molar-refractivity contribution is 0.223. The Morgan fingerprint density at radius 1 is 1.08 bits per heavy atom. The highest BCUT2D eigenvalue weighted by Crippen LogP contribution is 2.31. The predicted octanol–water partition coefficient (Wildman–Crippen LogP) is 4.15. The Bertz CT molecular complexity index is 1120. The number of aromatic amines is 1. The van der Waals surface area contributed by atoms with E-state index in [-0.39, 0.29) is 5.56 Å². The van der Waals surface area contributed by atoms with Crippen LogP contribution in [0.2, 0.25) is 0 Å². The van der Waals surface area contributed by atoms with E-state index in [1.54, 1.807) is 0 Å². The Kier molecular flexibility index (Phi) is 4.39. The van der Waals surface area contributed by atoms with Gasteiger partial charge in [0.2, 0.25) is 0 Å². The van der Waals surface area contributed by atoms with E-state index in [2.05, 4.69) is 23.7 Å². The molecule has 134 valence electrons. The smallest absolute Gasteiger partial charge is 0.260 e. The number of H-pyrrole nitrogens is 1. The van der Waals surface area contributed by atoms with Crippen molar-refractivity contribution < 1.29 is 9.15 Å². The van der Waals surface area contributed by atoms with Crippen LogP contribution in [0.4, 0.5) is 0 Å². The lowest BCUT2D eigenvalue weighted by atomic mass is 10.1. The number of ether oxygens (including phenoxy) is 1. The third kappa shape index (κ3) is 2.84. The molecule has 0 saturated heterocycles. The molecule has 0 aliphatic heterocycles. The van der Waals surface area contributed by atoms with Crippen LogP contribution in [0.1, 0.15) is 13.8 Å². The van der Waals surface area contributed by atoms with Crippen LogP contribution in [0.15, 0.2) is 51.7 Å². The molecule has 4 rings (SSSR count). The zero-order valence-electron chi connectivity index (χ0n) is 15.0. The van der Waals surface area contributed by atoms with Gasteiger partial charge >= 0.3 is 0 Å². The fourth-order valence-corrected chi connectivity index (χ4v) is 3.39. The fraction of sp³-hybridized carbons (Fsp3) is 0.286. The number of pyridine rings is 1. The number of furan rings is 1. The van der Waals surface area contributed by atoms with Crippen LogP contribution in [-0.2, 0) is 0 Å². The second kappa shape index (κ2) is 6.84. The minimum Gasteiger partial charge on any atom is -0.492 e. The van der Waals surface area contributed by atoms with E-state index in [0.717, 1.165) is 47.3 Å². The summed E-state index contributed by atoms with van der Waals surface area (Å²) in [4.78, 5) is 17.9. The molecule has 0 spiro atoms. The SMILES string of the molecule is CCN(CC)CCOc1ccc2c(c1)[nH]c(=O)c1c3ccccc3oc21. The van der Waals surface area contributed by atoms with Gasteiger partial charge < -0.3 is 19.0 Å². The highest BCUT2D eigenvalue weighted by Gasteiger charge is 2.14. The number of benzene rings is 2. The third-order valence-electron chi connectivity index (χ3n) is 4.88. The Morgan fingerprint density at radius 2 is 1.88 bits per heavy atom. The number of fused-ring (bicyclic) bond motifs is 5. The summed E-state index contributed by atoms with van der Waals surface area (Å²) in [7, 11) is 0. The molecule has 1 N–H and O–H groups in total. The van der Waals surface area contributed by atoms with E-state index in [4.69, 9.17) is 9.15 Å². The van der Waals surface area contributed by atoms with Crippen molar-refractivity contribution >= 4 is 32.8 Å². The van der Waals surface area contributed by atoms with Crippen molar-refractivity contribution in [1.82, 2.24) is 9.88 Å². The number of likely N-dealkylation sites (N-methyl/N-ethyl adjacent to an activating group) is 1. The van der Waals surface area contributed by atoms with Gasteiger partial charge in [-0.15, -0.1) is 0 Å². The van der Waals surface area contributed by atoms with Crippen molar-refractivity contribution in [3.8, 4) is 5.75 Å². The molecular weight excluding hydrogens is 328 g/mol. The van der Waals surface area contributed by atoms with Gasteiger partial charge in [-0.2, -0.15) is 0 Å². The van der Waals surface area contributed by atoms with Gasteiger partial charge in [-0.3, -0.25) is 4.79 Å². The Labute approximate surface area is 151 Å². The summed E-state index contributed by atoms with van der Waals surface area (Å²) in [6, 6.07) is 13.3. The molecule has 0 atom stereocenters. The summed E-state index contributed by atoms with van der Waals surface area (Å²) in [6.45, 7) is 7.80. The van der Waals surface area contributed by atoms with Crippen molar-refractivity contribution in [3.63, 3.8) is 0 Å². The maximum Gasteiger partial charge on any atom is 0.260 e. The van der Waals surface area contributed by atoms with Crippen molar-refractivity contribution in [2.24, 2.45) is 0 Å². The van der Waals surface area contributed by atoms with Crippen LogP contribution in [-0.4, -0.2) is 36.1 Å². The topological polar surface area (TPSA) is 58.5 Å². The van der Waals surface area contributed by atoms with Crippen LogP contribution in [0, 0.1) is 0 Å². The molecule has 5 heteroatoms. The van der Waals surface area contributed by atoms with Gasteiger partial charge in [0, 0.05) is 23.4 Å². The van der Waals surface area contributed by atoms with Gasteiger partial charge in [0.05, 0.1) is 10.9 Å². The van der Waals surface area contributed by atoms with Gasteiger partial charge in [0.15, 0.2) is 0 Å². The van der Waals surface area contributed by atoms with Crippen LogP contribution >= 0.6 is 0 Å². The second-order valence-corrected chi connectivity index (χ2v) is 6.34. The largest absolute Gasteiger partial charge is 0.492 e. The van der Waals surface area contributed by atoms with E-state index in [9.17, 15) is 4.79 Å². The highest BCUT2D eigenvalue weighted by molar-refractivity contribution is 6.13. The average molecular weight is 350 g/mol. The zero-order valence-corrected chi connectivity index (χ0v) is 15.0. The van der Waals surface area contributed by atoms with Crippen molar-refractivity contribution in [3.05, 3.63) is 52.8 Å². The summed E-state index contributed by atoms with van der Waals surface area (Å²) in [6.07, 6.45) is 0. The third-order valence-corrected chi connectivity index (χ3v) is 4.88. The number of nitrogens with one attached hydrogen (secondary N) is 1. The number of para-hydroxylation sites is 1. The first-order valence-corrected chi connectivity index (χ1v) is 9.03. The molecule has 0 saturated carbocycles. The maximum absolute atomic E-state index is 12.6. The predicted molar refractivity (Wildman–Crippen MR) is 105 cm³/mol. The van der Waals surface area contributed by atoms with Crippen LogP contribution in [0.3, 0.4) is 0 Å². The number of hydrogen-bond donors (Lipinski definition) is 1. The molecule has 0 unspecified atom stereocenters. The van der Waals surface area contributed by atoms with Crippen LogP contribution in [0.25, 0.3) is 32.8 Å². The first kappa shape index (κ1) is 16.7. The summed E-state index contributed by atoms with van der Waals surface area (Å²) in [5, 5.41) is 2.32. The normalized spacial score (nSPS) is 11.8. The fourth-order valence-electron chi connectivity index (χ4n) is 3.39. The van der Waals surface area contributed by atoms with Crippen molar-refractivity contribution in [2.45, 2.75) is 13.8 Å². The lowest BCUT2D eigenvalue weighted by Crippen LogP contribution is -2.27. The quantitative estimate of drug-likeness (QED) is 0.567. The molecule has 26 heavy (non-hydrogen) atoms. The molecule has 4 aromatic rings. The van der Waals surface area contributed by atoms with E-state index in [1.165, 1.54) is 0 Å². The molecule has 0 aliphatic carbocycles. The lowest BCUT2D eigenvalue weighted by Gasteiger charge is -2.18. The summed E-state index contributed by atoms with van der Waals surface area (Å²) in [5.74, 6) is 0.746. The van der Waals surface area contributed by atoms with Gasteiger partial charge in [0.25, 0.3) is 5.56 Å². The minimum atomic E-state index is -0.141. The van der Waals surface area contributed by atoms with E-state index >= 15 is 0 Å². The average Bonchev–Trinajstić information content (AvgIpc) is 3.05. The summed E-state index contributed by atoms with van der Waals surface area (Å²) in [5.41, 5.74) is 1.93. The van der Waals surface area contributed by atoms with E-state index in [1.807, 2.05) is 42.5 Å². The number of rotatable bonds is 6. The molecule has 0 bridgehead atoms. The monoisotopic (exact) mass is 350 g/mol. The molecule has 0 fully saturated rings. The summed E-state index contributed by atoms with van der Waals surface area (Å²) < 4.78 is 11.8. The minimum absolute atomic E-state index is 0.141. The zero-order chi connectivity index (χ0) is 18.1. The summed E-state index contributed by atoms with van der Waals surface area (Å²) >= 11 is 0. The second-order valence-electron chi connectivity index (χ2n) is 6.34. The maximum atomic E-state index is 12.6. The molecule has 2 aromatic heterocycles. The molecular formula is C21H22N2O3. The highest BCUT2D eigenvalue weighted by atomic mass is 16.5. The molecule has 0 aliphatic rings. The van der Waals surface area contributed by atoms with Gasteiger partial charge in [0.1, 0.15) is 23.5 Å². The first-order chi connectivity index (χ1) is 12.7. The standard InChI is InChI=1S/C21H22N2O3/c1-3-23(4-2)11-12-25-14-9-10-15-17(13-14)22-21(24)19-16-7-5-6-8-18(16)26-20(15)19/h5-10,13H,3-4,11-12H2,1-2H3,(H,22,24). The van der Waals surface area contributed by atoms with E-state index in [0.29, 0.717) is 17.6 Å². The van der Waals surface area contributed by atoms with Crippen LogP contribution < -0.4 is 10.3 Å². The Morgan fingerprint density at radius 3 is 2.69 bits per heavy atom. The van der Waals surface area contributed by atoms with Crippen molar-refractivity contribution in [1.29, 1.82) is 0 Å². The molecule has 2 aromatic carbocycles. The number of nitrogens with zero attached hydrogens (tertiary/aromatic N) is 1. The van der Waals surface area contributed by atoms with Gasteiger partial charge in [-0.1, -0.05) is 32.0 Å². The van der Waals surface area contributed by atoms with Crippen LogP contribution in [0.5, 0.6) is 5.75 Å². The Hall–Kier alpha value is -2.79. The Balaban J connectivity index is 1.72. The molecule has 0 amide bonds. The molecule has 2 heterocycles. The number of aromatic nitrogens is 1. The first-order valence-electron chi connectivity index (χ1n) is 9.03. The van der Waals surface area contributed by atoms with Gasteiger partial charge in [-0.05, 0) is 31.3 Å². The molecule has 5 nitrogen and oxygen atoms in total. The number of hydrogen-bond acceptors (Lipinski definition) is 4.